The smallest absolute Gasteiger partial charge is 0.0589 e. The van der Waals surface area contributed by atoms with E-state index < -0.39 is 0 Å². The molecule has 2 nitrogen and oxygen atoms in total. The number of nitrogens with one attached hydrogen (secondary N) is 1. The van der Waals surface area contributed by atoms with Crippen molar-refractivity contribution in [2.75, 3.05) is 13.2 Å². The van der Waals surface area contributed by atoms with Gasteiger partial charge in [0.2, 0.25) is 0 Å². The van der Waals surface area contributed by atoms with Gasteiger partial charge in [0.25, 0.3) is 0 Å². The zero-order chi connectivity index (χ0) is 13.0. The first-order valence-corrected chi connectivity index (χ1v) is 7.49. The maximum Gasteiger partial charge on any atom is 0.0589 e. The first-order valence-electron chi connectivity index (χ1n) is 6.61. The van der Waals surface area contributed by atoms with E-state index in [9.17, 15) is 0 Å². The molecule has 18 heavy (non-hydrogen) atoms. The summed E-state index contributed by atoms with van der Waals surface area (Å²) in [5, 5.41) is 4.16. The normalized spacial score (nSPS) is 20.3. The predicted molar refractivity (Wildman–Crippen MR) is 78.1 cm³/mol. The Bertz CT molecular complexity index is 380. The molecule has 1 atom stereocenters. The van der Waals surface area contributed by atoms with Crippen molar-refractivity contribution in [3.63, 3.8) is 0 Å². The van der Waals surface area contributed by atoms with E-state index in [1.807, 2.05) is 11.8 Å². The van der Waals surface area contributed by atoms with Crippen LogP contribution >= 0.6 is 11.8 Å². The largest absolute Gasteiger partial charge is 0.380 e. The van der Waals surface area contributed by atoms with Gasteiger partial charge in [-0.15, -0.1) is 11.8 Å². The first-order chi connectivity index (χ1) is 8.53. The third-order valence-corrected chi connectivity index (χ3v) is 4.14. The van der Waals surface area contributed by atoms with Crippen LogP contribution in [0.3, 0.4) is 0 Å². The third kappa shape index (κ3) is 4.63. The molecule has 0 bridgehead atoms. The van der Waals surface area contributed by atoms with E-state index in [-0.39, 0.29) is 5.54 Å². The molecular formula is C15H23NOS. The van der Waals surface area contributed by atoms with E-state index in [0.29, 0.717) is 5.25 Å². The number of benzene rings is 1. The van der Waals surface area contributed by atoms with Crippen molar-refractivity contribution in [3.05, 3.63) is 29.8 Å². The Balaban J connectivity index is 1.92. The van der Waals surface area contributed by atoms with Crippen LogP contribution in [0.15, 0.2) is 29.2 Å². The lowest BCUT2D eigenvalue weighted by molar-refractivity contribution is 0.199. The Hall–Kier alpha value is -0.510. The average molecular weight is 265 g/mol. The van der Waals surface area contributed by atoms with Crippen molar-refractivity contribution in [2.24, 2.45) is 0 Å². The van der Waals surface area contributed by atoms with Crippen molar-refractivity contribution in [1.82, 2.24) is 5.32 Å². The SMILES string of the molecule is CC(C)(C)NCc1cccc(SC2CCOC2)c1. The Labute approximate surface area is 114 Å². The topological polar surface area (TPSA) is 21.3 Å². The average Bonchev–Trinajstić information content (AvgIpc) is 2.79. The highest BCUT2D eigenvalue weighted by atomic mass is 32.2. The second-order valence-corrected chi connectivity index (χ2v) is 7.23. The molecular weight excluding hydrogens is 242 g/mol. The lowest BCUT2D eigenvalue weighted by Gasteiger charge is -2.20. The predicted octanol–water partition coefficient (Wildman–Crippen LogP) is 3.46. The minimum Gasteiger partial charge on any atom is -0.380 e. The van der Waals surface area contributed by atoms with Gasteiger partial charge in [0.15, 0.2) is 0 Å². The van der Waals surface area contributed by atoms with Crippen molar-refractivity contribution in [1.29, 1.82) is 0 Å². The van der Waals surface area contributed by atoms with Crippen molar-refractivity contribution < 1.29 is 4.74 Å². The molecule has 0 amide bonds. The molecule has 1 unspecified atom stereocenters. The van der Waals surface area contributed by atoms with E-state index in [4.69, 9.17) is 4.74 Å². The van der Waals surface area contributed by atoms with Gasteiger partial charge in [-0.05, 0) is 44.9 Å². The lowest BCUT2D eigenvalue weighted by atomic mass is 10.1. The quantitative estimate of drug-likeness (QED) is 0.901. The number of ether oxygens (including phenoxy) is 1. The summed E-state index contributed by atoms with van der Waals surface area (Å²) in [7, 11) is 0. The van der Waals surface area contributed by atoms with Crippen LogP contribution in [0.1, 0.15) is 32.8 Å². The third-order valence-electron chi connectivity index (χ3n) is 2.91. The molecule has 1 aliphatic rings. The Kier molecular flexibility index (Phi) is 4.71. The number of hydrogen-bond acceptors (Lipinski definition) is 3. The highest BCUT2D eigenvalue weighted by molar-refractivity contribution is 8.00. The van der Waals surface area contributed by atoms with Gasteiger partial charge in [-0.2, -0.15) is 0 Å². The fourth-order valence-electron chi connectivity index (χ4n) is 1.89. The highest BCUT2D eigenvalue weighted by Crippen LogP contribution is 2.29. The van der Waals surface area contributed by atoms with Crippen LogP contribution < -0.4 is 5.32 Å². The summed E-state index contributed by atoms with van der Waals surface area (Å²) in [4.78, 5) is 1.36. The van der Waals surface area contributed by atoms with Crippen LogP contribution in [0.2, 0.25) is 0 Å². The summed E-state index contributed by atoms with van der Waals surface area (Å²) in [6.07, 6.45) is 1.18. The molecule has 3 heteroatoms. The molecule has 0 saturated carbocycles. The van der Waals surface area contributed by atoms with Gasteiger partial charge in [0.1, 0.15) is 0 Å². The van der Waals surface area contributed by atoms with Gasteiger partial charge in [-0.1, -0.05) is 12.1 Å². The standard InChI is InChI=1S/C15H23NOS/c1-15(2,3)16-10-12-5-4-6-13(9-12)18-14-7-8-17-11-14/h4-6,9,14,16H,7-8,10-11H2,1-3H3. The highest BCUT2D eigenvalue weighted by Gasteiger charge is 2.16. The Morgan fingerprint density at radius 3 is 2.89 bits per heavy atom. The lowest BCUT2D eigenvalue weighted by Crippen LogP contribution is -2.35. The molecule has 0 radical (unpaired) electrons. The van der Waals surface area contributed by atoms with E-state index in [2.05, 4.69) is 50.4 Å². The monoisotopic (exact) mass is 265 g/mol. The van der Waals surface area contributed by atoms with E-state index >= 15 is 0 Å². The number of thioether (sulfide) groups is 1. The van der Waals surface area contributed by atoms with Crippen LogP contribution in [-0.2, 0) is 11.3 Å². The van der Waals surface area contributed by atoms with Gasteiger partial charge in [0, 0.05) is 28.8 Å². The van der Waals surface area contributed by atoms with Crippen molar-refractivity contribution in [3.8, 4) is 0 Å². The molecule has 1 saturated heterocycles. The maximum atomic E-state index is 5.42. The van der Waals surface area contributed by atoms with Gasteiger partial charge >= 0.3 is 0 Å². The molecule has 1 heterocycles. The summed E-state index contributed by atoms with van der Waals surface area (Å²) >= 11 is 1.95. The maximum absolute atomic E-state index is 5.42. The molecule has 1 aromatic carbocycles. The van der Waals surface area contributed by atoms with Crippen LogP contribution in [0, 0.1) is 0 Å². The van der Waals surface area contributed by atoms with Crippen LogP contribution in [0.4, 0.5) is 0 Å². The molecule has 0 spiro atoms. The van der Waals surface area contributed by atoms with Crippen LogP contribution in [-0.4, -0.2) is 24.0 Å². The Morgan fingerprint density at radius 2 is 2.22 bits per heavy atom. The van der Waals surface area contributed by atoms with Crippen LogP contribution in [0.5, 0.6) is 0 Å². The van der Waals surface area contributed by atoms with Crippen molar-refractivity contribution >= 4 is 11.8 Å². The van der Waals surface area contributed by atoms with E-state index in [1.165, 1.54) is 16.9 Å². The summed E-state index contributed by atoms with van der Waals surface area (Å²) in [5.74, 6) is 0. The van der Waals surface area contributed by atoms with E-state index in [0.717, 1.165) is 19.8 Å². The van der Waals surface area contributed by atoms with Crippen LogP contribution in [0.25, 0.3) is 0 Å². The minimum absolute atomic E-state index is 0.169. The summed E-state index contributed by atoms with van der Waals surface area (Å²) in [6, 6.07) is 8.83. The van der Waals surface area contributed by atoms with E-state index in [1.54, 1.807) is 0 Å². The second kappa shape index (κ2) is 6.09. The van der Waals surface area contributed by atoms with Gasteiger partial charge in [0.05, 0.1) is 6.61 Å². The van der Waals surface area contributed by atoms with Gasteiger partial charge in [-0.3, -0.25) is 0 Å². The fourth-order valence-corrected chi connectivity index (χ4v) is 3.03. The molecule has 1 fully saturated rings. The summed E-state index contributed by atoms with van der Waals surface area (Å²) < 4.78 is 5.42. The zero-order valence-electron chi connectivity index (χ0n) is 11.5. The summed E-state index contributed by atoms with van der Waals surface area (Å²) in [6.45, 7) is 9.33. The molecule has 0 aliphatic carbocycles. The molecule has 2 rings (SSSR count). The second-order valence-electron chi connectivity index (χ2n) is 5.85. The van der Waals surface area contributed by atoms with Crippen molar-refractivity contribution in [2.45, 2.75) is 49.4 Å². The molecule has 100 valence electrons. The Morgan fingerprint density at radius 1 is 1.39 bits per heavy atom. The minimum atomic E-state index is 0.169. The fraction of sp³-hybridized carbons (Fsp3) is 0.600. The zero-order valence-corrected chi connectivity index (χ0v) is 12.3. The first kappa shape index (κ1) is 13.9. The molecule has 0 aromatic heterocycles. The molecule has 1 aliphatic heterocycles. The number of rotatable bonds is 4. The number of hydrogen-bond donors (Lipinski definition) is 1. The summed E-state index contributed by atoms with van der Waals surface area (Å²) in [5.41, 5.74) is 1.52. The molecule has 1 aromatic rings. The van der Waals surface area contributed by atoms with Gasteiger partial charge in [-0.25, -0.2) is 0 Å². The molecule has 1 N–H and O–H groups in total. The van der Waals surface area contributed by atoms with Gasteiger partial charge < -0.3 is 10.1 Å².